The standard InChI is InChI=1S/C10H21.BrH.Sn/c1-4-5-6-7-8-9-10(2)3;;/h4-9H2,1-3H3;1H;/q;;+1/p-1. The predicted octanol–water partition coefficient (Wildman–Crippen LogP) is 4.56. The van der Waals surface area contributed by atoms with Crippen molar-refractivity contribution in [1.29, 1.82) is 0 Å². The number of unbranched alkanes of at least 4 members (excludes halogenated alkanes) is 4. The summed E-state index contributed by atoms with van der Waals surface area (Å²) in [5.74, 6) is 0. The van der Waals surface area contributed by atoms with E-state index in [0.717, 1.165) is 0 Å². The minimum atomic E-state index is -0.235. The summed E-state index contributed by atoms with van der Waals surface area (Å²) in [6.07, 6.45) is 8.56. The van der Waals surface area contributed by atoms with Gasteiger partial charge >= 0.3 is 94.4 Å². The van der Waals surface area contributed by atoms with Gasteiger partial charge in [-0.25, -0.2) is 0 Å². The Kier molecular flexibility index (Phi) is 8.48. The van der Waals surface area contributed by atoms with E-state index >= 15 is 0 Å². The van der Waals surface area contributed by atoms with Gasteiger partial charge in [-0.15, -0.1) is 0 Å². The fourth-order valence-corrected chi connectivity index (χ4v) is 3.32. The van der Waals surface area contributed by atoms with Crippen LogP contribution >= 0.6 is 12.7 Å². The van der Waals surface area contributed by atoms with Crippen LogP contribution in [0.2, 0.25) is 3.43 Å². The molecule has 0 amide bonds. The molecule has 0 bridgehead atoms. The monoisotopic (exact) mass is 340 g/mol. The molecule has 0 saturated heterocycles. The minimum absolute atomic E-state index is 0.235. The van der Waals surface area contributed by atoms with E-state index in [1.54, 1.807) is 0 Å². The van der Waals surface area contributed by atoms with Gasteiger partial charge in [-0.3, -0.25) is 0 Å². The fourth-order valence-electron chi connectivity index (χ4n) is 1.22. The SMILES string of the molecule is CCCCCCC[C](C)(C)[Sn][Br]. The molecule has 0 rings (SSSR count). The van der Waals surface area contributed by atoms with E-state index in [0.29, 0.717) is 3.43 Å². The molecule has 2 heteroatoms. The molecular weight excluding hydrogens is 319 g/mol. The molecule has 0 aromatic heterocycles. The van der Waals surface area contributed by atoms with Crippen molar-refractivity contribution in [2.45, 2.75) is 62.7 Å². The molecule has 0 aromatic carbocycles. The zero-order valence-corrected chi connectivity index (χ0v) is 13.1. The van der Waals surface area contributed by atoms with E-state index < -0.39 is 0 Å². The maximum absolute atomic E-state index is 3.72. The summed E-state index contributed by atoms with van der Waals surface area (Å²) in [5, 5.41) is 0. The van der Waals surface area contributed by atoms with E-state index in [-0.39, 0.29) is 18.9 Å². The summed E-state index contributed by atoms with van der Waals surface area (Å²) in [4.78, 5) is 0. The zero-order valence-electron chi connectivity index (χ0n) is 8.62. The van der Waals surface area contributed by atoms with Gasteiger partial charge in [0.05, 0.1) is 0 Å². The Labute approximate surface area is 93.9 Å². The van der Waals surface area contributed by atoms with Gasteiger partial charge in [0.1, 0.15) is 0 Å². The molecule has 0 aliphatic rings. The predicted molar refractivity (Wildman–Crippen MR) is 62.1 cm³/mol. The van der Waals surface area contributed by atoms with Crippen LogP contribution in [0.25, 0.3) is 0 Å². The topological polar surface area (TPSA) is 0 Å². The summed E-state index contributed by atoms with van der Waals surface area (Å²) >= 11 is 3.49. The van der Waals surface area contributed by atoms with Crippen molar-refractivity contribution < 1.29 is 0 Å². The van der Waals surface area contributed by atoms with E-state index in [9.17, 15) is 0 Å². The van der Waals surface area contributed by atoms with Crippen molar-refractivity contribution in [3.8, 4) is 0 Å². The Morgan fingerprint density at radius 3 is 2.17 bits per heavy atom. The fraction of sp³-hybridized carbons (Fsp3) is 1.00. The Hall–Kier alpha value is 1.28. The number of rotatable bonds is 7. The van der Waals surface area contributed by atoms with Gasteiger partial charge in [-0.05, 0) is 0 Å². The van der Waals surface area contributed by atoms with Crippen LogP contribution in [0, 0.1) is 0 Å². The number of hydrogen-bond donors (Lipinski definition) is 0. The van der Waals surface area contributed by atoms with Gasteiger partial charge < -0.3 is 0 Å². The second-order valence-corrected chi connectivity index (χ2v) is 11.2. The van der Waals surface area contributed by atoms with E-state index in [4.69, 9.17) is 0 Å². The molecule has 0 heterocycles. The second-order valence-electron chi connectivity index (χ2n) is 4.14. The molecule has 0 aromatic rings. The first kappa shape index (κ1) is 13.3. The molecule has 0 aliphatic heterocycles. The van der Waals surface area contributed by atoms with Crippen LogP contribution < -0.4 is 0 Å². The van der Waals surface area contributed by atoms with E-state index in [1.807, 2.05) is 0 Å². The Morgan fingerprint density at radius 1 is 1.08 bits per heavy atom. The molecule has 0 spiro atoms. The third-order valence-electron chi connectivity index (χ3n) is 2.16. The molecule has 0 N–H and O–H groups in total. The van der Waals surface area contributed by atoms with Gasteiger partial charge in [0, 0.05) is 0 Å². The first-order valence-corrected chi connectivity index (χ1v) is 12.8. The summed E-state index contributed by atoms with van der Waals surface area (Å²) in [6, 6.07) is 0. The molecule has 0 unspecified atom stereocenters. The van der Waals surface area contributed by atoms with Gasteiger partial charge in [0.25, 0.3) is 0 Å². The Morgan fingerprint density at radius 2 is 1.67 bits per heavy atom. The molecule has 12 heavy (non-hydrogen) atoms. The third-order valence-corrected chi connectivity index (χ3v) is 11.5. The van der Waals surface area contributed by atoms with Crippen LogP contribution in [0.1, 0.15) is 59.3 Å². The van der Waals surface area contributed by atoms with Gasteiger partial charge in [-0.1, -0.05) is 0 Å². The third kappa shape index (κ3) is 7.90. The average Bonchev–Trinajstić information content (AvgIpc) is 2.04. The summed E-state index contributed by atoms with van der Waals surface area (Å²) < 4.78 is 0.676. The Bertz CT molecular complexity index is 102. The molecule has 0 nitrogen and oxygen atoms in total. The first-order valence-electron chi connectivity index (χ1n) is 5.00. The quantitative estimate of drug-likeness (QED) is 0.471. The van der Waals surface area contributed by atoms with Crippen molar-refractivity contribution in [3.05, 3.63) is 0 Å². The van der Waals surface area contributed by atoms with Gasteiger partial charge in [0.2, 0.25) is 0 Å². The van der Waals surface area contributed by atoms with Crippen molar-refractivity contribution in [1.82, 2.24) is 0 Å². The van der Waals surface area contributed by atoms with Crippen LogP contribution in [0.4, 0.5) is 0 Å². The number of hydrogen-bond acceptors (Lipinski definition) is 0. The van der Waals surface area contributed by atoms with Gasteiger partial charge in [-0.2, -0.15) is 0 Å². The van der Waals surface area contributed by atoms with Crippen molar-refractivity contribution >= 4 is 31.6 Å². The maximum atomic E-state index is 3.72. The van der Waals surface area contributed by atoms with Crippen molar-refractivity contribution in [2.24, 2.45) is 0 Å². The molecular formula is C10H21BrSn. The molecule has 0 saturated carbocycles. The van der Waals surface area contributed by atoms with Gasteiger partial charge in [0.15, 0.2) is 0 Å². The van der Waals surface area contributed by atoms with Crippen molar-refractivity contribution in [2.75, 3.05) is 0 Å². The molecule has 2 radical (unpaired) electrons. The molecule has 0 fully saturated rings. The summed E-state index contributed by atoms with van der Waals surface area (Å²) in [7, 11) is 0. The normalized spacial score (nSPS) is 12.0. The Balaban J connectivity index is 3.19. The van der Waals surface area contributed by atoms with Crippen LogP contribution in [-0.4, -0.2) is 18.9 Å². The molecule has 72 valence electrons. The molecule has 0 aliphatic carbocycles. The number of halogens is 1. The summed E-state index contributed by atoms with van der Waals surface area (Å²) in [5.41, 5.74) is 0. The van der Waals surface area contributed by atoms with E-state index in [2.05, 4.69) is 33.5 Å². The first-order chi connectivity index (χ1) is 5.62. The van der Waals surface area contributed by atoms with E-state index in [1.165, 1.54) is 38.5 Å². The zero-order chi connectivity index (χ0) is 9.45. The summed E-state index contributed by atoms with van der Waals surface area (Å²) in [6.45, 7) is 7.10. The average molecular weight is 340 g/mol. The second kappa shape index (κ2) is 7.66. The molecule has 0 atom stereocenters. The van der Waals surface area contributed by atoms with Crippen molar-refractivity contribution in [3.63, 3.8) is 0 Å². The van der Waals surface area contributed by atoms with Crippen LogP contribution in [0.15, 0.2) is 0 Å². The van der Waals surface area contributed by atoms with Crippen LogP contribution in [0.5, 0.6) is 0 Å². The van der Waals surface area contributed by atoms with Crippen LogP contribution in [-0.2, 0) is 0 Å². The van der Waals surface area contributed by atoms with Crippen LogP contribution in [0.3, 0.4) is 0 Å².